The first-order valence-corrected chi connectivity index (χ1v) is 22.6. The molecular weight excluding hydrogens is 745 g/mol. The highest BCUT2D eigenvalue weighted by Gasteiger charge is 2.28. The number of rotatable bonds is 38. The maximum absolute atomic E-state index is 12.3. The minimum atomic E-state index is -4.77. The number of ether oxygens (including phenoxy) is 1. The van der Waals surface area contributed by atoms with Crippen LogP contribution in [0.5, 0.6) is 0 Å². The molecule has 1 amide bonds. The standard InChI is InChI=1S/C45H74NO10P/c1-3-5-7-9-11-13-15-17-19-20-21-22-23-24-26-28-30-32-34-36-43(48)46-42(45(50)51)40-56-57(52,53)55-39-41(47)38-54-44(49)37-35-33-31-29-27-25-18-16-14-12-10-8-6-4-2/h5,7,10-13,16-19,21-22,24,26,41-42,47H,3-4,6,8-9,14-15,20,23,25,27-40H2,1-2H3,(H,46,48)(H,50,51)(H,52,53)/b7-5-,12-10-,13-11-,18-16-,19-17-,22-21-,26-24-. The molecule has 3 atom stereocenters. The van der Waals surface area contributed by atoms with Gasteiger partial charge in [-0.3, -0.25) is 18.6 Å². The Balaban J connectivity index is 4.02. The van der Waals surface area contributed by atoms with Crippen LogP contribution < -0.4 is 5.32 Å². The fraction of sp³-hybridized carbons (Fsp3) is 0.622. The Kier molecular flexibility index (Phi) is 37.2. The smallest absolute Gasteiger partial charge is 0.472 e. The molecular formula is C45H74NO10P. The number of aliphatic hydroxyl groups excluding tert-OH is 1. The van der Waals surface area contributed by atoms with Crippen molar-refractivity contribution in [1.29, 1.82) is 0 Å². The van der Waals surface area contributed by atoms with Crippen molar-refractivity contribution in [2.24, 2.45) is 0 Å². The van der Waals surface area contributed by atoms with Crippen molar-refractivity contribution in [3.05, 3.63) is 85.1 Å². The normalized spacial score (nSPS) is 14.6. The van der Waals surface area contributed by atoms with Crippen LogP contribution in [0.1, 0.15) is 149 Å². The molecule has 0 aromatic carbocycles. The number of phosphoric acid groups is 1. The van der Waals surface area contributed by atoms with Crippen LogP contribution in [0.25, 0.3) is 0 Å². The van der Waals surface area contributed by atoms with Gasteiger partial charge in [-0.2, -0.15) is 0 Å². The lowest BCUT2D eigenvalue weighted by Gasteiger charge is -2.18. The summed E-state index contributed by atoms with van der Waals surface area (Å²) in [6.07, 6.45) is 47.5. The average Bonchev–Trinajstić information content (AvgIpc) is 3.18. The quantitative estimate of drug-likeness (QED) is 0.0204. The monoisotopic (exact) mass is 820 g/mol. The van der Waals surface area contributed by atoms with E-state index in [1.807, 2.05) is 0 Å². The maximum atomic E-state index is 12.3. The Morgan fingerprint density at radius 2 is 1.02 bits per heavy atom. The van der Waals surface area contributed by atoms with E-state index in [0.29, 0.717) is 12.8 Å². The van der Waals surface area contributed by atoms with Crippen LogP contribution in [0.3, 0.4) is 0 Å². The molecule has 0 radical (unpaired) electrons. The Morgan fingerprint density at radius 1 is 0.579 bits per heavy atom. The molecule has 4 N–H and O–H groups in total. The zero-order chi connectivity index (χ0) is 42.1. The van der Waals surface area contributed by atoms with Crippen LogP contribution in [-0.4, -0.2) is 64.9 Å². The van der Waals surface area contributed by atoms with Gasteiger partial charge in [0.25, 0.3) is 0 Å². The number of aliphatic hydroxyl groups is 1. The molecule has 0 saturated carbocycles. The van der Waals surface area contributed by atoms with Gasteiger partial charge in [0.15, 0.2) is 6.04 Å². The highest BCUT2D eigenvalue weighted by Crippen LogP contribution is 2.43. The summed E-state index contributed by atoms with van der Waals surface area (Å²) < 4.78 is 26.8. The molecule has 57 heavy (non-hydrogen) atoms. The van der Waals surface area contributed by atoms with Crippen molar-refractivity contribution in [2.75, 3.05) is 19.8 Å². The van der Waals surface area contributed by atoms with Gasteiger partial charge < -0.3 is 25.2 Å². The number of nitrogens with one attached hydrogen (secondary N) is 1. The predicted molar refractivity (Wildman–Crippen MR) is 231 cm³/mol. The van der Waals surface area contributed by atoms with Gasteiger partial charge in [-0.1, -0.05) is 137 Å². The van der Waals surface area contributed by atoms with Crippen LogP contribution in [-0.2, 0) is 32.7 Å². The summed E-state index contributed by atoms with van der Waals surface area (Å²) in [4.78, 5) is 45.9. The van der Waals surface area contributed by atoms with Crippen molar-refractivity contribution in [3.8, 4) is 0 Å². The summed E-state index contributed by atoms with van der Waals surface area (Å²) in [5, 5.41) is 21.8. The molecule has 0 aliphatic heterocycles. The molecule has 0 heterocycles. The molecule has 3 unspecified atom stereocenters. The first-order chi connectivity index (χ1) is 27.6. The Morgan fingerprint density at radius 3 is 1.54 bits per heavy atom. The fourth-order valence-electron chi connectivity index (χ4n) is 5.12. The Hall–Kier alpha value is -3.34. The van der Waals surface area contributed by atoms with Gasteiger partial charge in [0.2, 0.25) is 5.91 Å². The van der Waals surface area contributed by atoms with E-state index >= 15 is 0 Å². The number of allylic oxidation sites excluding steroid dienone is 14. The van der Waals surface area contributed by atoms with Crippen LogP contribution in [0.4, 0.5) is 0 Å². The highest BCUT2D eigenvalue weighted by molar-refractivity contribution is 7.47. The number of phosphoric ester groups is 1. The third-order valence-corrected chi connectivity index (χ3v) is 9.37. The minimum Gasteiger partial charge on any atom is -0.480 e. The van der Waals surface area contributed by atoms with Crippen molar-refractivity contribution in [2.45, 2.75) is 161 Å². The maximum Gasteiger partial charge on any atom is 0.472 e. The Bertz CT molecular complexity index is 1290. The molecule has 0 spiro atoms. The third-order valence-electron chi connectivity index (χ3n) is 8.42. The molecule has 324 valence electrons. The van der Waals surface area contributed by atoms with E-state index in [0.717, 1.165) is 96.3 Å². The molecule has 0 bridgehead atoms. The van der Waals surface area contributed by atoms with Gasteiger partial charge in [-0.15, -0.1) is 0 Å². The van der Waals surface area contributed by atoms with E-state index in [2.05, 4.69) is 104 Å². The lowest BCUT2D eigenvalue weighted by molar-refractivity contribution is -0.147. The minimum absolute atomic E-state index is 0.100. The second-order valence-corrected chi connectivity index (χ2v) is 15.2. The van der Waals surface area contributed by atoms with Crippen LogP contribution in [0, 0.1) is 0 Å². The lowest BCUT2D eigenvalue weighted by atomic mass is 10.1. The number of aliphatic carboxylic acids is 1. The van der Waals surface area contributed by atoms with E-state index < -0.39 is 57.6 Å². The van der Waals surface area contributed by atoms with E-state index in [1.165, 1.54) is 12.8 Å². The zero-order valence-electron chi connectivity index (χ0n) is 34.9. The zero-order valence-corrected chi connectivity index (χ0v) is 35.7. The van der Waals surface area contributed by atoms with Gasteiger partial charge in [0, 0.05) is 12.8 Å². The first kappa shape index (κ1) is 53.7. The third kappa shape index (κ3) is 39.3. The van der Waals surface area contributed by atoms with Gasteiger partial charge in [-0.25, -0.2) is 9.36 Å². The number of carboxylic acids is 1. The summed E-state index contributed by atoms with van der Waals surface area (Å²) in [6, 6.07) is -1.57. The van der Waals surface area contributed by atoms with E-state index in [9.17, 15) is 34.1 Å². The summed E-state index contributed by atoms with van der Waals surface area (Å²) >= 11 is 0. The number of unbranched alkanes of at least 4 members (excludes halogenated alkanes) is 10. The average molecular weight is 820 g/mol. The highest BCUT2D eigenvalue weighted by atomic mass is 31.2. The van der Waals surface area contributed by atoms with Crippen molar-refractivity contribution < 1.29 is 47.8 Å². The number of hydrogen-bond donors (Lipinski definition) is 4. The molecule has 0 aromatic rings. The van der Waals surface area contributed by atoms with Gasteiger partial charge in [0.05, 0.1) is 13.2 Å². The van der Waals surface area contributed by atoms with Gasteiger partial charge in [0.1, 0.15) is 12.7 Å². The van der Waals surface area contributed by atoms with Crippen molar-refractivity contribution in [3.63, 3.8) is 0 Å². The summed E-state index contributed by atoms with van der Waals surface area (Å²) in [5.74, 6) is -2.45. The molecule has 0 saturated heterocycles. The van der Waals surface area contributed by atoms with Gasteiger partial charge in [-0.05, 0) is 83.5 Å². The van der Waals surface area contributed by atoms with Crippen LogP contribution in [0.15, 0.2) is 85.1 Å². The van der Waals surface area contributed by atoms with Crippen LogP contribution >= 0.6 is 7.82 Å². The largest absolute Gasteiger partial charge is 0.480 e. The Labute approximate surface area is 343 Å². The topological polar surface area (TPSA) is 169 Å². The number of hydrogen-bond acceptors (Lipinski definition) is 8. The number of amides is 1. The molecule has 0 aromatic heterocycles. The SMILES string of the molecule is CC/C=C\C/C=C\C/C=C\C/C=C\C/C=C\CCCCCC(=O)NC(COP(=O)(O)OCC(O)COC(=O)CCCCCCC/C=C\C/C=C\CCCC)C(=O)O. The summed E-state index contributed by atoms with van der Waals surface area (Å²) in [6.45, 7) is 2.37. The first-order valence-electron chi connectivity index (χ1n) is 21.1. The van der Waals surface area contributed by atoms with Crippen molar-refractivity contribution >= 4 is 25.7 Å². The molecule has 0 aliphatic rings. The molecule has 0 rings (SSSR count). The number of esters is 1. The lowest BCUT2D eigenvalue weighted by Crippen LogP contribution is -2.43. The van der Waals surface area contributed by atoms with E-state index in [1.54, 1.807) is 0 Å². The van der Waals surface area contributed by atoms with E-state index in [4.69, 9.17) is 13.8 Å². The molecule has 11 nitrogen and oxygen atoms in total. The second-order valence-electron chi connectivity index (χ2n) is 13.8. The van der Waals surface area contributed by atoms with E-state index in [-0.39, 0.29) is 12.8 Å². The summed E-state index contributed by atoms with van der Waals surface area (Å²) in [5.41, 5.74) is 0. The molecule has 0 aliphatic carbocycles. The number of carboxylic acid groups (broad SMARTS) is 1. The number of carbonyl (C=O) groups excluding carboxylic acids is 2. The second kappa shape index (κ2) is 39.5. The predicted octanol–water partition coefficient (Wildman–Crippen LogP) is 10.7. The summed E-state index contributed by atoms with van der Waals surface area (Å²) in [7, 11) is -4.77. The molecule has 0 fully saturated rings. The number of carbonyl (C=O) groups is 3. The van der Waals surface area contributed by atoms with Crippen molar-refractivity contribution in [1.82, 2.24) is 5.32 Å². The molecule has 12 heteroatoms. The van der Waals surface area contributed by atoms with Crippen LogP contribution in [0.2, 0.25) is 0 Å². The fourth-order valence-corrected chi connectivity index (χ4v) is 5.89. The van der Waals surface area contributed by atoms with Gasteiger partial charge >= 0.3 is 19.8 Å².